The fraction of sp³-hybridized carbons (Fsp3) is 0.429. The van der Waals surface area contributed by atoms with E-state index in [0.29, 0.717) is 22.7 Å². The Kier molecular flexibility index (Phi) is 3.91. The van der Waals surface area contributed by atoms with Crippen LogP contribution in [-0.2, 0) is 13.2 Å². The zero-order valence-electron chi connectivity index (χ0n) is 12.1. The van der Waals surface area contributed by atoms with Crippen molar-refractivity contribution in [2.24, 2.45) is 7.05 Å². The highest BCUT2D eigenvalue weighted by atomic mass is 32.1. The van der Waals surface area contributed by atoms with E-state index >= 15 is 0 Å². The van der Waals surface area contributed by atoms with E-state index < -0.39 is 18.0 Å². The maximum Gasteiger partial charge on any atom is 0.433 e. The lowest BCUT2D eigenvalue weighted by Crippen LogP contribution is -2.28. The molecule has 2 aromatic heterocycles. The quantitative estimate of drug-likeness (QED) is 0.782. The van der Waals surface area contributed by atoms with Crippen LogP contribution in [-0.4, -0.2) is 39.8 Å². The summed E-state index contributed by atoms with van der Waals surface area (Å²) in [6, 6.07) is 4.05. The van der Waals surface area contributed by atoms with Crippen molar-refractivity contribution < 1.29 is 22.4 Å². The molecule has 3 heterocycles. The molecule has 0 aromatic carbocycles. The van der Waals surface area contributed by atoms with Crippen molar-refractivity contribution in [1.29, 1.82) is 0 Å². The summed E-state index contributed by atoms with van der Waals surface area (Å²) < 4.78 is 52.3. The van der Waals surface area contributed by atoms with E-state index in [0.717, 1.165) is 22.1 Å². The van der Waals surface area contributed by atoms with Crippen molar-refractivity contribution >= 4 is 17.2 Å². The average Bonchev–Trinajstić information content (AvgIpc) is 3.15. The predicted octanol–water partition coefficient (Wildman–Crippen LogP) is 3.35. The van der Waals surface area contributed by atoms with E-state index in [1.54, 1.807) is 6.07 Å². The molecule has 1 unspecified atom stereocenters. The molecule has 9 heteroatoms. The molecule has 3 rings (SSSR count). The van der Waals surface area contributed by atoms with Crippen LogP contribution in [0.2, 0.25) is 0 Å². The standard InChI is InChI=1S/C14H13F4N3OS/c1-20-12(14(16,17)18)6-9(19-20)10-2-3-11(23-10)13(22)21-5-4-8(15)7-21/h2-3,6,8H,4-5,7H2,1H3. The number of carbonyl (C=O) groups excluding carboxylic acids is 1. The van der Waals surface area contributed by atoms with Crippen LogP contribution in [0.1, 0.15) is 21.8 Å². The van der Waals surface area contributed by atoms with Gasteiger partial charge in [0.25, 0.3) is 5.91 Å². The molecule has 0 spiro atoms. The highest BCUT2D eigenvalue weighted by Gasteiger charge is 2.35. The van der Waals surface area contributed by atoms with Gasteiger partial charge in [-0.2, -0.15) is 18.3 Å². The minimum atomic E-state index is -4.48. The first-order chi connectivity index (χ1) is 10.8. The van der Waals surface area contributed by atoms with Crippen molar-refractivity contribution in [3.05, 3.63) is 28.8 Å². The number of hydrogen-bond donors (Lipinski definition) is 0. The van der Waals surface area contributed by atoms with Gasteiger partial charge in [0.2, 0.25) is 0 Å². The second-order valence-electron chi connectivity index (χ2n) is 5.34. The van der Waals surface area contributed by atoms with Gasteiger partial charge in [0.15, 0.2) is 0 Å². The minimum absolute atomic E-state index is 0.0634. The van der Waals surface area contributed by atoms with Crippen molar-refractivity contribution in [2.45, 2.75) is 18.8 Å². The van der Waals surface area contributed by atoms with Gasteiger partial charge in [0.1, 0.15) is 17.6 Å². The summed E-state index contributed by atoms with van der Waals surface area (Å²) >= 11 is 1.06. The third kappa shape index (κ3) is 3.10. The van der Waals surface area contributed by atoms with Crippen molar-refractivity contribution in [3.8, 4) is 10.6 Å². The maximum atomic E-state index is 13.2. The van der Waals surface area contributed by atoms with Gasteiger partial charge in [0, 0.05) is 13.6 Å². The van der Waals surface area contributed by atoms with Crippen molar-refractivity contribution in [3.63, 3.8) is 0 Å². The Hall–Kier alpha value is -1.90. The van der Waals surface area contributed by atoms with Gasteiger partial charge in [-0.15, -0.1) is 11.3 Å². The van der Waals surface area contributed by atoms with Gasteiger partial charge >= 0.3 is 6.18 Å². The Labute approximate surface area is 133 Å². The molecule has 0 bridgehead atoms. The van der Waals surface area contributed by atoms with E-state index in [1.807, 2.05) is 0 Å². The molecule has 2 aromatic rings. The topological polar surface area (TPSA) is 38.1 Å². The molecule has 1 atom stereocenters. The number of nitrogens with zero attached hydrogens (tertiary/aromatic N) is 3. The van der Waals surface area contributed by atoms with E-state index in [2.05, 4.69) is 5.10 Å². The summed E-state index contributed by atoms with van der Waals surface area (Å²) in [6.45, 7) is 0.420. The maximum absolute atomic E-state index is 13.2. The predicted molar refractivity (Wildman–Crippen MR) is 76.9 cm³/mol. The number of aryl methyl sites for hydroxylation is 1. The summed E-state index contributed by atoms with van der Waals surface area (Å²) in [5.74, 6) is -0.298. The van der Waals surface area contributed by atoms with Crippen LogP contribution in [0.15, 0.2) is 18.2 Å². The fourth-order valence-electron chi connectivity index (χ4n) is 2.50. The number of likely N-dealkylation sites (tertiary alicyclic amines) is 1. The molecule has 1 aliphatic rings. The van der Waals surface area contributed by atoms with Gasteiger partial charge in [-0.25, -0.2) is 4.39 Å². The van der Waals surface area contributed by atoms with Gasteiger partial charge in [0.05, 0.1) is 16.3 Å². The summed E-state index contributed by atoms with van der Waals surface area (Å²) in [4.78, 5) is 14.5. The number of aromatic nitrogens is 2. The highest BCUT2D eigenvalue weighted by Crippen LogP contribution is 2.34. The van der Waals surface area contributed by atoms with Crippen LogP contribution in [0.25, 0.3) is 10.6 Å². The molecule has 4 nitrogen and oxygen atoms in total. The fourth-order valence-corrected chi connectivity index (χ4v) is 3.43. The molecular weight excluding hydrogens is 334 g/mol. The SMILES string of the molecule is Cn1nc(-c2ccc(C(=O)N3CCC(F)C3)s2)cc1C(F)(F)F. The molecule has 1 aliphatic heterocycles. The summed E-state index contributed by atoms with van der Waals surface area (Å²) in [7, 11) is 1.22. The third-order valence-electron chi connectivity index (χ3n) is 3.66. The van der Waals surface area contributed by atoms with E-state index in [4.69, 9.17) is 0 Å². The molecule has 0 N–H and O–H groups in total. The number of alkyl halides is 4. The Morgan fingerprint density at radius 3 is 2.70 bits per heavy atom. The van der Waals surface area contributed by atoms with E-state index in [-0.39, 0.29) is 18.1 Å². The number of thiophene rings is 1. The molecule has 0 saturated carbocycles. The molecule has 23 heavy (non-hydrogen) atoms. The molecule has 124 valence electrons. The van der Waals surface area contributed by atoms with Gasteiger partial charge in [-0.05, 0) is 24.6 Å². The van der Waals surface area contributed by atoms with Crippen LogP contribution >= 0.6 is 11.3 Å². The van der Waals surface area contributed by atoms with Gasteiger partial charge in [-0.3, -0.25) is 9.48 Å². The molecule has 1 fully saturated rings. The van der Waals surface area contributed by atoms with Crippen LogP contribution < -0.4 is 0 Å². The number of hydrogen-bond acceptors (Lipinski definition) is 3. The molecule has 0 radical (unpaired) electrons. The molecule has 0 aliphatic carbocycles. The highest BCUT2D eigenvalue weighted by molar-refractivity contribution is 7.17. The zero-order valence-corrected chi connectivity index (χ0v) is 12.9. The van der Waals surface area contributed by atoms with Crippen LogP contribution in [0.4, 0.5) is 17.6 Å². The lowest BCUT2D eigenvalue weighted by atomic mass is 10.3. The Balaban J connectivity index is 1.84. The first-order valence-electron chi connectivity index (χ1n) is 6.90. The Morgan fingerprint density at radius 2 is 2.13 bits per heavy atom. The largest absolute Gasteiger partial charge is 0.433 e. The summed E-state index contributed by atoms with van der Waals surface area (Å²) in [5.41, 5.74) is -0.692. The van der Waals surface area contributed by atoms with E-state index in [9.17, 15) is 22.4 Å². The number of amides is 1. The second kappa shape index (κ2) is 5.63. The first-order valence-corrected chi connectivity index (χ1v) is 7.72. The lowest BCUT2D eigenvalue weighted by Gasteiger charge is -2.13. The molecule has 1 saturated heterocycles. The summed E-state index contributed by atoms with van der Waals surface area (Å²) in [6.07, 6.45) is -5.18. The van der Waals surface area contributed by atoms with Crippen molar-refractivity contribution in [2.75, 3.05) is 13.1 Å². The smallest absolute Gasteiger partial charge is 0.335 e. The number of carbonyl (C=O) groups is 1. The van der Waals surface area contributed by atoms with Crippen LogP contribution in [0, 0.1) is 0 Å². The van der Waals surface area contributed by atoms with E-state index in [1.165, 1.54) is 18.0 Å². The monoisotopic (exact) mass is 347 g/mol. The minimum Gasteiger partial charge on any atom is -0.335 e. The number of rotatable bonds is 2. The third-order valence-corrected chi connectivity index (χ3v) is 4.75. The zero-order chi connectivity index (χ0) is 16.8. The molecule has 1 amide bonds. The van der Waals surface area contributed by atoms with Crippen LogP contribution in [0.5, 0.6) is 0 Å². The van der Waals surface area contributed by atoms with Gasteiger partial charge in [-0.1, -0.05) is 0 Å². The molecular formula is C14H13F4N3OS. The van der Waals surface area contributed by atoms with Crippen molar-refractivity contribution in [1.82, 2.24) is 14.7 Å². The Morgan fingerprint density at radius 1 is 1.39 bits per heavy atom. The Bertz CT molecular complexity index is 737. The number of halogens is 4. The van der Waals surface area contributed by atoms with Crippen LogP contribution in [0.3, 0.4) is 0 Å². The summed E-state index contributed by atoms with van der Waals surface area (Å²) in [5, 5.41) is 3.85. The first kappa shape index (κ1) is 16.0. The normalized spacial score (nSPS) is 18.7. The lowest BCUT2D eigenvalue weighted by molar-refractivity contribution is -0.143. The van der Waals surface area contributed by atoms with Gasteiger partial charge < -0.3 is 4.90 Å². The average molecular weight is 347 g/mol. The second-order valence-corrected chi connectivity index (χ2v) is 6.42.